The monoisotopic (exact) mass is 389 g/mol. The maximum Gasteiger partial charge on any atom is 0.241 e. The molecule has 3 aromatic rings. The SMILES string of the molecule is COc1ccc2[nH]cc(C3=CCN(C(C)C(=O)Nc4ccccc4C)CC3)c2c1. The number of aromatic amines is 1. The van der Waals surface area contributed by atoms with Crippen molar-refractivity contribution < 1.29 is 9.53 Å². The average molecular weight is 389 g/mol. The molecule has 1 amide bonds. The number of aryl methyl sites for hydroxylation is 1. The molecule has 5 heteroatoms. The fourth-order valence-corrected chi connectivity index (χ4v) is 3.89. The Morgan fingerprint density at radius 3 is 2.79 bits per heavy atom. The highest BCUT2D eigenvalue weighted by Crippen LogP contribution is 2.32. The molecule has 1 aliphatic heterocycles. The lowest BCUT2D eigenvalue weighted by Crippen LogP contribution is -2.44. The third kappa shape index (κ3) is 3.91. The number of fused-ring (bicyclic) bond motifs is 1. The number of carbonyl (C=O) groups excluding carboxylic acids is 1. The van der Waals surface area contributed by atoms with Gasteiger partial charge < -0.3 is 15.0 Å². The van der Waals surface area contributed by atoms with Crippen molar-refractivity contribution in [1.29, 1.82) is 0 Å². The highest BCUT2D eigenvalue weighted by molar-refractivity contribution is 5.96. The molecular weight excluding hydrogens is 362 g/mol. The summed E-state index contributed by atoms with van der Waals surface area (Å²) in [5, 5.41) is 4.24. The van der Waals surface area contributed by atoms with E-state index >= 15 is 0 Å². The fraction of sp³-hybridized carbons (Fsp3) is 0.292. The molecule has 5 nitrogen and oxygen atoms in total. The maximum atomic E-state index is 12.7. The third-order valence-corrected chi connectivity index (χ3v) is 5.81. The van der Waals surface area contributed by atoms with Gasteiger partial charge in [-0.15, -0.1) is 0 Å². The molecule has 0 saturated heterocycles. The van der Waals surface area contributed by atoms with Crippen LogP contribution in [0.2, 0.25) is 0 Å². The molecule has 0 aliphatic carbocycles. The van der Waals surface area contributed by atoms with Crippen molar-refractivity contribution in [2.45, 2.75) is 26.3 Å². The highest BCUT2D eigenvalue weighted by Gasteiger charge is 2.24. The number of nitrogens with one attached hydrogen (secondary N) is 2. The Morgan fingerprint density at radius 1 is 1.24 bits per heavy atom. The lowest BCUT2D eigenvalue weighted by molar-refractivity contribution is -0.120. The second kappa shape index (κ2) is 8.13. The molecule has 0 spiro atoms. The first-order valence-electron chi connectivity index (χ1n) is 10.0. The lowest BCUT2D eigenvalue weighted by atomic mass is 9.98. The van der Waals surface area contributed by atoms with Crippen molar-refractivity contribution in [3.05, 3.63) is 65.9 Å². The molecule has 1 atom stereocenters. The van der Waals surface area contributed by atoms with E-state index in [-0.39, 0.29) is 11.9 Å². The zero-order chi connectivity index (χ0) is 20.4. The van der Waals surface area contributed by atoms with Gasteiger partial charge in [0.1, 0.15) is 5.75 Å². The van der Waals surface area contributed by atoms with Crippen LogP contribution in [0, 0.1) is 6.92 Å². The van der Waals surface area contributed by atoms with Crippen molar-refractivity contribution >= 4 is 28.1 Å². The van der Waals surface area contributed by atoms with Crippen molar-refractivity contribution in [3.63, 3.8) is 0 Å². The van der Waals surface area contributed by atoms with Crippen LogP contribution >= 0.6 is 0 Å². The van der Waals surface area contributed by atoms with Crippen LogP contribution in [0.3, 0.4) is 0 Å². The van der Waals surface area contributed by atoms with E-state index in [1.807, 2.05) is 50.2 Å². The minimum atomic E-state index is -0.185. The van der Waals surface area contributed by atoms with E-state index in [1.54, 1.807) is 7.11 Å². The van der Waals surface area contributed by atoms with Crippen LogP contribution in [0.1, 0.15) is 24.5 Å². The van der Waals surface area contributed by atoms with E-state index in [9.17, 15) is 4.79 Å². The second-order valence-electron chi connectivity index (χ2n) is 7.57. The molecule has 150 valence electrons. The summed E-state index contributed by atoms with van der Waals surface area (Å²) < 4.78 is 5.38. The zero-order valence-corrected chi connectivity index (χ0v) is 17.2. The molecule has 0 saturated carbocycles. The Hall–Kier alpha value is -3.05. The topological polar surface area (TPSA) is 57.4 Å². The Labute approximate surface area is 171 Å². The van der Waals surface area contributed by atoms with Gasteiger partial charge in [-0.05, 0) is 55.7 Å². The number of ether oxygens (including phenoxy) is 1. The predicted octanol–water partition coefficient (Wildman–Crippen LogP) is 4.60. The molecule has 4 rings (SSSR count). The standard InChI is InChI=1S/C24H27N3O2/c1-16-6-4-5-7-22(16)26-24(28)17(2)27-12-10-18(11-13-27)21-15-25-23-9-8-19(29-3)14-20(21)23/h4-10,14-15,17,25H,11-13H2,1-3H3,(H,26,28). The Balaban J connectivity index is 1.47. The summed E-state index contributed by atoms with van der Waals surface area (Å²) in [7, 11) is 1.69. The number of methoxy groups -OCH3 is 1. The molecule has 29 heavy (non-hydrogen) atoms. The summed E-state index contributed by atoms with van der Waals surface area (Å²) in [6.07, 6.45) is 5.22. The fourth-order valence-electron chi connectivity index (χ4n) is 3.89. The van der Waals surface area contributed by atoms with Gasteiger partial charge in [0.15, 0.2) is 0 Å². The average Bonchev–Trinajstić information content (AvgIpc) is 3.18. The van der Waals surface area contributed by atoms with E-state index in [1.165, 1.54) is 16.5 Å². The maximum absolute atomic E-state index is 12.7. The normalized spacial score (nSPS) is 15.8. The number of nitrogens with zero attached hydrogens (tertiary/aromatic N) is 1. The third-order valence-electron chi connectivity index (χ3n) is 5.81. The Kier molecular flexibility index (Phi) is 5.41. The van der Waals surface area contributed by atoms with Crippen molar-refractivity contribution in [2.75, 3.05) is 25.5 Å². The number of H-pyrrole nitrogens is 1. The molecule has 0 radical (unpaired) electrons. The van der Waals surface area contributed by atoms with Gasteiger partial charge >= 0.3 is 0 Å². The molecule has 2 aromatic carbocycles. The van der Waals surface area contributed by atoms with Crippen LogP contribution in [0.4, 0.5) is 5.69 Å². The van der Waals surface area contributed by atoms with Crippen LogP contribution < -0.4 is 10.1 Å². The first-order chi connectivity index (χ1) is 14.1. The highest BCUT2D eigenvalue weighted by atomic mass is 16.5. The largest absolute Gasteiger partial charge is 0.497 e. The van der Waals surface area contributed by atoms with Crippen LogP contribution in [0.5, 0.6) is 5.75 Å². The number of carbonyl (C=O) groups is 1. The lowest BCUT2D eigenvalue weighted by Gasteiger charge is -2.31. The molecule has 0 bridgehead atoms. The van der Waals surface area contributed by atoms with Crippen molar-refractivity contribution in [1.82, 2.24) is 9.88 Å². The van der Waals surface area contributed by atoms with Crippen LogP contribution in [0.25, 0.3) is 16.5 Å². The molecule has 0 fully saturated rings. The minimum absolute atomic E-state index is 0.0352. The number of para-hydroxylation sites is 1. The van der Waals surface area contributed by atoms with E-state index in [0.717, 1.165) is 42.0 Å². The second-order valence-corrected chi connectivity index (χ2v) is 7.57. The smallest absolute Gasteiger partial charge is 0.241 e. The molecule has 1 unspecified atom stereocenters. The quantitative estimate of drug-likeness (QED) is 0.670. The number of anilines is 1. The summed E-state index contributed by atoms with van der Waals surface area (Å²) in [5.74, 6) is 0.894. The summed E-state index contributed by atoms with van der Waals surface area (Å²) in [6.45, 7) is 5.59. The molecule has 2 heterocycles. The summed E-state index contributed by atoms with van der Waals surface area (Å²) in [5.41, 5.74) is 5.59. The van der Waals surface area contributed by atoms with Gasteiger partial charge in [-0.25, -0.2) is 0 Å². The minimum Gasteiger partial charge on any atom is -0.497 e. The first-order valence-corrected chi connectivity index (χ1v) is 10.0. The molecule has 1 aliphatic rings. The van der Waals surface area contributed by atoms with Crippen molar-refractivity contribution in [3.8, 4) is 5.75 Å². The zero-order valence-electron chi connectivity index (χ0n) is 17.2. The van der Waals surface area contributed by atoms with Crippen molar-refractivity contribution in [2.24, 2.45) is 0 Å². The number of hydrogen-bond donors (Lipinski definition) is 2. The predicted molar refractivity (Wildman–Crippen MR) is 118 cm³/mol. The van der Waals surface area contributed by atoms with E-state index in [4.69, 9.17) is 4.74 Å². The number of amides is 1. The number of benzene rings is 2. The summed E-state index contributed by atoms with van der Waals surface area (Å²) >= 11 is 0. The van der Waals surface area contributed by atoms with Gasteiger partial charge in [-0.2, -0.15) is 0 Å². The summed E-state index contributed by atoms with van der Waals surface area (Å²) in [4.78, 5) is 18.3. The van der Waals surface area contributed by atoms with Gasteiger partial charge in [0.2, 0.25) is 5.91 Å². The first kappa shape index (κ1) is 19.3. The van der Waals surface area contributed by atoms with Gasteiger partial charge in [0.25, 0.3) is 0 Å². The Morgan fingerprint density at radius 2 is 2.07 bits per heavy atom. The van der Waals surface area contributed by atoms with Gasteiger partial charge in [0, 0.05) is 41.4 Å². The van der Waals surface area contributed by atoms with Crippen LogP contribution in [-0.4, -0.2) is 42.0 Å². The van der Waals surface area contributed by atoms with Crippen LogP contribution in [0.15, 0.2) is 54.7 Å². The molecule has 2 N–H and O–H groups in total. The van der Waals surface area contributed by atoms with Gasteiger partial charge in [-0.1, -0.05) is 24.3 Å². The number of aromatic nitrogens is 1. The number of hydrogen-bond acceptors (Lipinski definition) is 3. The Bertz CT molecular complexity index is 1070. The van der Waals surface area contributed by atoms with Gasteiger partial charge in [-0.3, -0.25) is 9.69 Å². The van der Waals surface area contributed by atoms with E-state index < -0.39 is 0 Å². The van der Waals surface area contributed by atoms with E-state index in [2.05, 4.69) is 33.5 Å². The van der Waals surface area contributed by atoms with Crippen LogP contribution in [-0.2, 0) is 4.79 Å². The molecular formula is C24H27N3O2. The van der Waals surface area contributed by atoms with Gasteiger partial charge in [0.05, 0.1) is 13.2 Å². The number of rotatable bonds is 5. The molecule has 1 aromatic heterocycles. The summed E-state index contributed by atoms with van der Waals surface area (Å²) in [6, 6.07) is 13.8. The van der Waals surface area contributed by atoms with E-state index in [0.29, 0.717) is 0 Å².